The molecule has 7 heteroatoms. The van der Waals surface area contributed by atoms with Crippen LogP contribution < -0.4 is 16.0 Å². The second-order valence-electron chi connectivity index (χ2n) is 2.16. The number of nitrogen functional groups attached to an aromatic ring is 1. The largest absolute Gasteiger partial charge is 0.481 e. The first-order valence-electron chi connectivity index (χ1n) is 3.35. The fourth-order valence-corrected chi connectivity index (χ4v) is 0.653. The van der Waals surface area contributed by atoms with Crippen LogP contribution in [-0.2, 0) is 0 Å². The second kappa shape index (κ2) is 3.83. The van der Waals surface area contributed by atoms with E-state index in [1.54, 1.807) is 0 Å². The Kier molecular flexibility index (Phi) is 2.78. The van der Waals surface area contributed by atoms with E-state index in [4.69, 9.17) is 5.73 Å². The van der Waals surface area contributed by atoms with Crippen LogP contribution in [0.3, 0.4) is 0 Å². The highest BCUT2D eigenvalue weighted by atomic mass is 19.3. The molecule has 0 atom stereocenters. The van der Waals surface area contributed by atoms with Crippen LogP contribution in [0.25, 0.3) is 0 Å². The lowest BCUT2D eigenvalue weighted by atomic mass is 10.6. The van der Waals surface area contributed by atoms with Gasteiger partial charge in [-0.05, 0) is 0 Å². The van der Waals surface area contributed by atoms with Crippen molar-refractivity contribution >= 4 is 5.95 Å². The van der Waals surface area contributed by atoms with Gasteiger partial charge in [0.1, 0.15) is 6.61 Å². The van der Waals surface area contributed by atoms with Gasteiger partial charge < -0.3 is 10.5 Å². The number of aromatic nitrogens is 2. The van der Waals surface area contributed by atoms with Gasteiger partial charge in [0.15, 0.2) is 5.95 Å². The van der Waals surface area contributed by atoms with Gasteiger partial charge in [0.25, 0.3) is 12.0 Å². The highest BCUT2D eigenvalue weighted by Crippen LogP contribution is 2.02. The van der Waals surface area contributed by atoms with E-state index in [-0.39, 0.29) is 11.7 Å². The molecule has 13 heavy (non-hydrogen) atoms. The summed E-state index contributed by atoms with van der Waals surface area (Å²) in [5.41, 5.74) is 4.44. The van der Waals surface area contributed by atoms with E-state index in [1.165, 1.54) is 0 Å². The van der Waals surface area contributed by atoms with Gasteiger partial charge in [0.05, 0.1) is 6.20 Å². The summed E-state index contributed by atoms with van der Waals surface area (Å²) < 4.78 is 27.7. The van der Waals surface area contributed by atoms with Crippen LogP contribution in [0.5, 0.6) is 5.75 Å². The number of nitrogens with zero attached hydrogens (tertiary/aromatic N) is 1. The van der Waals surface area contributed by atoms with Crippen molar-refractivity contribution in [3.63, 3.8) is 0 Å². The minimum Gasteiger partial charge on any atom is -0.481 e. The first kappa shape index (κ1) is 9.43. The molecule has 0 fully saturated rings. The molecule has 0 radical (unpaired) electrons. The smallest absolute Gasteiger partial charge is 0.294 e. The number of nitrogens with two attached hydrogens (primary N) is 1. The number of halogens is 2. The molecule has 1 rings (SSSR count). The minimum absolute atomic E-state index is 0.0885. The molecule has 0 spiro atoms. The minimum atomic E-state index is -2.63. The van der Waals surface area contributed by atoms with Crippen molar-refractivity contribution in [2.24, 2.45) is 0 Å². The lowest BCUT2D eigenvalue weighted by Crippen LogP contribution is -2.17. The second-order valence-corrected chi connectivity index (χ2v) is 2.16. The van der Waals surface area contributed by atoms with Crippen molar-refractivity contribution < 1.29 is 13.5 Å². The van der Waals surface area contributed by atoms with Gasteiger partial charge >= 0.3 is 0 Å². The predicted octanol–water partition coefficient (Wildman–Crippen LogP) is -0.00400. The summed E-state index contributed by atoms with van der Waals surface area (Å²) in [5, 5.41) is 0. The third-order valence-electron chi connectivity index (χ3n) is 1.15. The maximum absolute atomic E-state index is 11.6. The van der Waals surface area contributed by atoms with E-state index in [0.717, 1.165) is 6.20 Å². The van der Waals surface area contributed by atoms with Crippen molar-refractivity contribution in [1.29, 1.82) is 0 Å². The zero-order valence-corrected chi connectivity index (χ0v) is 6.46. The SMILES string of the molecule is Nc1ncc(OCC(F)F)c(=O)[nH]1. The molecule has 1 heterocycles. The fourth-order valence-electron chi connectivity index (χ4n) is 0.653. The van der Waals surface area contributed by atoms with E-state index in [9.17, 15) is 13.6 Å². The van der Waals surface area contributed by atoms with Gasteiger partial charge in [-0.3, -0.25) is 9.78 Å². The summed E-state index contributed by atoms with van der Waals surface area (Å²) in [4.78, 5) is 16.5. The van der Waals surface area contributed by atoms with Crippen molar-refractivity contribution in [1.82, 2.24) is 9.97 Å². The van der Waals surface area contributed by atoms with Crippen molar-refractivity contribution in [2.75, 3.05) is 12.3 Å². The first-order valence-corrected chi connectivity index (χ1v) is 3.35. The molecule has 0 aliphatic carbocycles. The Labute approximate surface area is 71.5 Å². The molecule has 3 N–H and O–H groups in total. The van der Waals surface area contributed by atoms with Crippen LogP contribution in [0.4, 0.5) is 14.7 Å². The molecule has 5 nitrogen and oxygen atoms in total. The number of anilines is 1. The van der Waals surface area contributed by atoms with Crippen LogP contribution in [0, 0.1) is 0 Å². The van der Waals surface area contributed by atoms with Gasteiger partial charge in [-0.15, -0.1) is 0 Å². The number of aromatic amines is 1. The van der Waals surface area contributed by atoms with E-state index in [1.807, 2.05) is 0 Å². The Morgan fingerprint density at radius 1 is 1.69 bits per heavy atom. The van der Waals surface area contributed by atoms with E-state index in [2.05, 4.69) is 14.7 Å². The standard InChI is InChI=1S/C6H7F2N3O2/c7-4(8)2-13-3-1-10-6(9)11-5(3)12/h1,4H,2H2,(H3,9,10,11,12). The summed E-state index contributed by atoms with van der Waals surface area (Å²) in [6.07, 6.45) is -1.63. The topological polar surface area (TPSA) is 81.0 Å². The summed E-state index contributed by atoms with van der Waals surface area (Å²) in [6, 6.07) is 0. The Bertz CT molecular complexity index is 339. The van der Waals surface area contributed by atoms with E-state index in [0.29, 0.717) is 0 Å². The van der Waals surface area contributed by atoms with Crippen molar-refractivity contribution in [3.05, 3.63) is 16.6 Å². The van der Waals surface area contributed by atoms with Crippen LogP contribution in [0.1, 0.15) is 0 Å². The van der Waals surface area contributed by atoms with Crippen LogP contribution in [0.15, 0.2) is 11.0 Å². The Hall–Kier alpha value is -1.66. The van der Waals surface area contributed by atoms with Gasteiger partial charge in [0, 0.05) is 0 Å². The Morgan fingerprint density at radius 2 is 2.38 bits per heavy atom. The molecule has 0 unspecified atom stereocenters. The normalized spacial score (nSPS) is 10.4. The number of hydrogen-bond acceptors (Lipinski definition) is 4. The van der Waals surface area contributed by atoms with Gasteiger partial charge in [-0.25, -0.2) is 13.8 Å². The molecule has 0 amide bonds. The fraction of sp³-hybridized carbons (Fsp3) is 0.333. The van der Waals surface area contributed by atoms with E-state index < -0.39 is 18.6 Å². The monoisotopic (exact) mass is 191 g/mol. The van der Waals surface area contributed by atoms with Gasteiger partial charge in [0.2, 0.25) is 5.75 Å². The zero-order valence-electron chi connectivity index (χ0n) is 6.46. The third kappa shape index (κ3) is 2.69. The molecule has 0 aromatic carbocycles. The summed E-state index contributed by atoms with van der Waals surface area (Å²) >= 11 is 0. The molecule has 0 aliphatic heterocycles. The van der Waals surface area contributed by atoms with Crippen LogP contribution in [0.2, 0.25) is 0 Å². The highest BCUT2D eigenvalue weighted by molar-refractivity contribution is 5.21. The first-order chi connectivity index (χ1) is 6.09. The third-order valence-corrected chi connectivity index (χ3v) is 1.15. The number of nitrogens with one attached hydrogen (secondary N) is 1. The van der Waals surface area contributed by atoms with Gasteiger partial charge in [-0.2, -0.15) is 0 Å². The van der Waals surface area contributed by atoms with Crippen LogP contribution in [-0.4, -0.2) is 23.0 Å². The van der Waals surface area contributed by atoms with E-state index >= 15 is 0 Å². The summed E-state index contributed by atoms with van der Waals surface area (Å²) in [6.45, 7) is -0.839. The molecular formula is C6H7F2N3O2. The zero-order chi connectivity index (χ0) is 9.84. The molecule has 0 saturated heterocycles. The molecule has 0 aliphatic rings. The van der Waals surface area contributed by atoms with Crippen molar-refractivity contribution in [3.8, 4) is 5.75 Å². The molecule has 0 saturated carbocycles. The quantitative estimate of drug-likeness (QED) is 0.704. The number of ether oxygens (including phenoxy) is 1. The lowest BCUT2D eigenvalue weighted by molar-refractivity contribution is 0.0810. The highest BCUT2D eigenvalue weighted by Gasteiger charge is 2.06. The molecular weight excluding hydrogens is 184 g/mol. The maximum atomic E-state index is 11.6. The Balaban J connectivity index is 2.73. The van der Waals surface area contributed by atoms with Crippen LogP contribution >= 0.6 is 0 Å². The summed E-state index contributed by atoms with van der Waals surface area (Å²) in [7, 11) is 0. The van der Waals surface area contributed by atoms with Gasteiger partial charge in [-0.1, -0.05) is 0 Å². The average Bonchev–Trinajstić information content (AvgIpc) is 2.02. The number of rotatable bonds is 3. The average molecular weight is 191 g/mol. The Morgan fingerprint density at radius 3 is 2.92 bits per heavy atom. The molecule has 72 valence electrons. The summed E-state index contributed by atoms with van der Waals surface area (Å²) in [5.74, 6) is -0.358. The number of H-pyrrole nitrogens is 1. The molecule has 1 aromatic rings. The number of alkyl halides is 2. The number of hydrogen-bond donors (Lipinski definition) is 2. The molecule has 0 bridgehead atoms. The predicted molar refractivity (Wildman–Crippen MR) is 40.8 cm³/mol. The lowest BCUT2D eigenvalue weighted by Gasteiger charge is -2.02. The maximum Gasteiger partial charge on any atom is 0.294 e. The molecule has 1 aromatic heterocycles. The van der Waals surface area contributed by atoms with Crippen molar-refractivity contribution in [2.45, 2.75) is 6.43 Å².